The SMILES string of the molecule is O=C(O)c1ccc(Nc2nc(Cc3ccccc3)nc3sc4c(c23)CCCC4)cc1. The molecule has 0 atom stereocenters. The second kappa shape index (κ2) is 7.88. The van der Waals surface area contributed by atoms with Gasteiger partial charge in [0.2, 0.25) is 0 Å². The number of nitrogens with zero attached hydrogens (tertiary/aromatic N) is 2. The number of rotatable bonds is 5. The van der Waals surface area contributed by atoms with Crippen LogP contribution in [0, 0.1) is 0 Å². The van der Waals surface area contributed by atoms with Gasteiger partial charge in [0, 0.05) is 17.0 Å². The number of nitrogens with one attached hydrogen (secondary N) is 1. The molecule has 0 saturated heterocycles. The van der Waals surface area contributed by atoms with E-state index in [0.29, 0.717) is 6.42 Å². The van der Waals surface area contributed by atoms with Crippen LogP contribution in [0.3, 0.4) is 0 Å². The van der Waals surface area contributed by atoms with Crippen molar-refractivity contribution in [2.75, 3.05) is 5.32 Å². The average molecular weight is 416 g/mol. The van der Waals surface area contributed by atoms with Gasteiger partial charge in [-0.2, -0.15) is 0 Å². The van der Waals surface area contributed by atoms with E-state index in [4.69, 9.17) is 15.1 Å². The van der Waals surface area contributed by atoms with Gasteiger partial charge in [-0.05, 0) is 61.1 Å². The number of carbonyl (C=O) groups is 1. The third-order valence-electron chi connectivity index (χ3n) is 5.46. The first-order valence-corrected chi connectivity index (χ1v) is 10.9. The predicted octanol–water partition coefficient (Wildman–Crippen LogP) is 5.60. The van der Waals surface area contributed by atoms with Gasteiger partial charge < -0.3 is 10.4 Å². The highest BCUT2D eigenvalue weighted by Crippen LogP contribution is 2.39. The van der Waals surface area contributed by atoms with E-state index in [1.807, 2.05) is 18.2 Å². The molecule has 150 valence electrons. The summed E-state index contributed by atoms with van der Waals surface area (Å²) in [6.07, 6.45) is 5.26. The number of benzene rings is 2. The molecule has 2 N–H and O–H groups in total. The maximum absolute atomic E-state index is 11.1. The second-order valence-corrected chi connectivity index (χ2v) is 8.63. The Morgan fingerprint density at radius 3 is 2.53 bits per heavy atom. The lowest BCUT2D eigenvalue weighted by atomic mass is 9.97. The van der Waals surface area contributed by atoms with Crippen molar-refractivity contribution in [2.24, 2.45) is 0 Å². The molecule has 0 unspecified atom stereocenters. The molecule has 4 aromatic rings. The van der Waals surface area contributed by atoms with Crippen LogP contribution in [-0.4, -0.2) is 21.0 Å². The Morgan fingerprint density at radius 1 is 1.00 bits per heavy atom. The molecular weight excluding hydrogens is 394 g/mol. The Hall–Kier alpha value is -3.25. The van der Waals surface area contributed by atoms with Gasteiger partial charge in [-0.15, -0.1) is 11.3 Å². The zero-order valence-corrected chi connectivity index (χ0v) is 17.2. The fraction of sp³-hybridized carbons (Fsp3) is 0.208. The lowest BCUT2D eigenvalue weighted by Crippen LogP contribution is -2.04. The van der Waals surface area contributed by atoms with Gasteiger partial charge in [-0.1, -0.05) is 30.3 Å². The maximum atomic E-state index is 11.1. The van der Waals surface area contributed by atoms with Crippen LogP contribution in [0.2, 0.25) is 0 Å². The van der Waals surface area contributed by atoms with Gasteiger partial charge in [0.15, 0.2) is 0 Å². The van der Waals surface area contributed by atoms with Crippen LogP contribution >= 0.6 is 11.3 Å². The topological polar surface area (TPSA) is 75.1 Å². The third kappa shape index (κ3) is 3.66. The van der Waals surface area contributed by atoms with E-state index in [2.05, 4.69) is 17.4 Å². The van der Waals surface area contributed by atoms with E-state index in [9.17, 15) is 4.79 Å². The minimum Gasteiger partial charge on any atom is -0.478 e. The Morgan fingerprint density at radius 2 is 1.77 bits per heavy atom. The molecule has 5 nitrogen and oxygen atoms in total. The molecule has 1 aliphatic rings. The monoisotopic (exact) mass is 415 g/mol. The fourth-order valence-corrected chi connectivity index (χ4v) is 5.26. The predicted molar refractivity (Wildman–Crippen MR) is 120 cm³/mol. The summed E-state index contributed by atoms with van der Waals surface area (Å²) in [5, 5.41) is 13.7. The zero-order chi connectivity index (χ0) is 20.5. The van der Waals surface area contributed by atoms with E-state index in [-0.39, 0.29) is 5.56 Å². The van der Waals surface area contributed by atoms with E-state index < -0.39 is 5.97 Å². The van der Waals surface area contributed by atoms with Gasteiger partial charge in [0.25, 0.3) is 0 Å². The van der Waals surface area contributed by atoms with Crippen molar-refractivity contribution >= 4 is 39.0 Å². The highest BCUT2D eigenvalue weighted by molar-refractivity contribution is 7.19. The summed E-state index contributed by atoms with van der Waals surface area (Å²) >= 11 is 1.79. The summed E-state index contributed by atoms with van der Waals surface area (Å²) in [7, 11) is 0. The minimum atomic E-state index is -0.928. The van der Waals surface area contributed by atoms with Crippen molar-refractivity contribution in [3.63, 3.8) is 0 Å². The van der Waals surface area contributed by atoms with Crippen LogP contribution in [-0.2, 0) is 19.3 Å². The minimum absolute atomic E-state index is 0.270. The number of fused-ring (bicyclic) bond motifs is 3. The van der Waals surface area contributed by atoms with Crippen LogP contribution in [0.15, 0.2) is 54.6 Å². The molecule has 0 amide bonds. The summed E-state index contributed by atoms with van der Waals surface area (Å²) in [5.74, 6) is 0.674. The molecular formula is C24H21N3O2S. The van der Waals surface area contributed by atoms with E-state index in [0.717, 1.165) is 40.4 Å². The molecule has 0 aliphatic heterocycles. The van der Waals surface area contributed by atoms with Gasteiger partial charge >= 0.3 is 5.97 Å². The molecule has 2 aromatic heterocycles. The van der Waals surface area contributed by atoms with Crippen molar-refractivity contribution in [1.82, 2.24) is 9.97 Å². The van der Waals surface area contributed by atoms with Crippen LogP contribution in [0.1, 0.15) is 45.0 Å². The first kappa shape index (κ1) is 18.8. The number of aromatic carboxylic acids is 1. The van der Waals surface area contributed by atoms with Crippen LogP contribution in [0.5, 0.6) is 0 Å². The summed E-state index contributed by atoms with van der Waals surface area (Å²) in [4.78, 5) is 23.4. The number of carboxylic acids is 1. The highest BCUT2D eigenvalue weighted by Gasteiger charge is 2.21. The first-order chi connectivity index (χ1) is 14.7. The van der Waals surface area contributed by atoms with Crippen LogP contribution in [0.25, 0.3) is 10.2 Å². The van der Waals surface area contributed by atoms with Crippen molar-refractivity contribution in [3.05, 3.63) is 82.0 Å². The average Bonchev–Trinajstić information content (AvgIpc) is 3.13. The quantitative estimate of drug-likeness (QED) is 0.444. The van der Waals surface area contributed by atoms with Gasteiger partial charge in [0.1, 0.15) is 16.5 Å². The largest absolute Gasteiger partial charge is 0.478 e. The Labute approximate surface area is 178 Å². The lowest BCUT2D eigenvalue weighted by molar-refractivity contribution is 0.0697. The second-order valence-electron chi connectivity index (χ2n) is 7.55. The summed E-state index contributed by atoms with van der Waals surface area (Å²) in [5.41, 5.74) is 3.64. The number of thiophene rings is 1. The number of aromatic nitrogens is 2. The molecule has 5 rings (SSSR count). The first-order valence-electron chi connectivity index (χ1n) is 10.1. The molecule has 2 heterocycles. The summed E-state index contributed by atoms with van der Waals surface area (Å²) in [6.45, 7) is 0. The molecule has 0 bridgehead atoms. The number of hydrogen-bond acceptors (Lipinski definition) is 5. The van der Waals surface area contributed by atoms with Crippen molar-refractivity contribution in [1.29, 1.82) is 0 Å². The third-order valence-corrected chi connectivity index (χ3v) is 6.65. The number of aryl methyl sites for hydroxylation is 2. The van der Waals surface area contributed by atoms with Crippen LogP contribution in [0.4, 0.5) is 11.5 Å². The molecule has 0 fully saturated rings. The van der Waals surface area contributed by atoms with E-state index >= 15 is 0 Å². The summed E-state index contributed by atoms with van der Waals surface area (Å²) in [6, 6.07) is 17.0. The fourth-order valence-electron chi connectivity index (χ4n) is 3.98. The van der Waals surface area contributed by atoms with E-state index in [1.54, 1.807) is 35.6 Å². The Balaban J connectivity index is 1.58. The highest BCUT2D eigenvalue weighted by atomic mass is 32.1. The zero-order valence-electron chi connectivity index (χ0n) is 16.4. The summed E-state index contributed by atoms with van der Waals surface area (Å²) < 4.78 is 0. The lowest BCUT2D eigenvalue weighted by Gasteiger charge is -2.13. The smallest absolute Gasteiger partial charge is 0.335 e. The molecule has 2 aromatic carbocycles. The molecule has 30 heavy (non-hydrogen) atoms. The van der Waals surface area contributed by atoms with Gasteiger partial charge in [0.05, 0.1) is 10.9 Å². The van der Waals surface area contributed by atoms with E-state index in [1.165, 1.54) is 28.8 Å². The van der Waals surface area contributed by atoms with Crippen molar-refractivity contribution in [2.45, 2.75) is 32.1 Å². The van der Waals surface area contributed by atoms with Crippen molar-refractivity contribution in [3.8, 4) is 0 Å². The van der Waals surface area contributed by atoms with Crippen LogP contribution < -0.4 is 5.32 Å². The molecule has 0 spiro atoms. The molecule has 0 saturated carbocycles. The normalized spacial score (nSPS) is 13.2. The molecule has 6 heteroatoms. The molecule has 1 aliphatic carbocycles. The Kier molecular flexibility index (Phi) is 4.93. The number of hydrogen-bond donors (Lipinski definition) is 2. The molecule has 0 radical (unpaired) electrons. The Bertz CT molecular complexity index is 1220. The standard InChI is InChI=1S/C24H21N3O2S/c28-24(29)16-10-12-17(13-11-16)25-22-21-18-8-4-5-9-19(18)30-23(21)27-20(26-22)14-15-6-2-1-3-7-15/h1-3,6-7,10-13H,4-5,8-9,14H2,(H,28,29)(H,25,26,27). The van der Waals surface area contributed by atoms with Gasteiger partial charge in [-0.3, -0.25) is 0 Å². The van der Waals surface area contributed by atoms with Gasteiger partial charge in [-0.25, -0.2) is 14.8 Å². The van der Waals surface area contributed by atoms with Crippen molar-refractivity contribution < 1.29 is 9.90 Å². The number of anilines is 2. The maximum Gasteiger partial charge on any atom is 0.335 e. The number of carboxylic acid groups (broad SMARTS) is 1.